The fourth-order valence-electron chi connectivity index (χ4n) is 2.25. The van der Waals surface area contributed by atoms with Crippen molar-refractivity contribution in [2.24, 2.45) is 0 Å². The lowest BCUT2D eigenvalue weighted by atomic mass is 10.3. The van der Waals surface area contributed by atoms with Crippen LogP contribution in [0.1, 0.15) is 0 Å². The molecule has 19 heavy (non-hydrogen) atoms. The highest BCUT2D eigenvalue weighted by Crippen LogP contribution is 2.18. The molecule has 0 aliphatic carbocycles. The SMILES string of the molecule is O=C(O)N1CCN(c2cc3nc[nH]c(=O)c3[nH]2)CC1. The normalized spacial score (nSPS) is 16.0. The highest BCUT2D eigenvalue weighted by Gasteiger charge is 2.21. The van der Waals surface area contributed by atoms with Crippen LogP contribution in [-0.2, 0) is 0 Å². The van der Waals surface area contributed by atoms with E-state index in [1.54, 1.807) is 6.07 Å². The Hall–Kier alpha value is -2.51. The number of nitrogens with zero attached hydrogens (tertiary/aromatic N) is 3. The highest BCUT2D eigenvalue weighted by molar-refractivity contribution is 5.79. The van der Waals surface area contributed by atoms with Gasteiger partial charge in [-0.3, -0.25) is 4.79 Å². The minimum Gasteiger partial charge on any atom is -0.465 e. The lowest BCUT2D eigenvalue weighted by Crippen LogP contribution is -2.48. The van der Waals surface area contributed by atoms with Gasteiger partial charge in [0.25, 0.3) is 5.56 Å². The van der Waals surface area contributed by atoms with Crippen molar-refractivity contribution in [1.29, 1.82) is 0 Å². The molecule has 0 unspecified atom stereocenters. The van der Waals surface area contributed by atoms with Crippen LogP contribution in [0, 0.1) is 0 Å². The molecular weight excluding hydrogens is 250 g/mol. The Morgan fingerprint density at radius 2 is 2.05 bits per heavy atom. The first-order chi connectivity index (χ1) is 9.15. The Morgan fingerprint density at radius 3 is 2.68 bits per heavy atom. The summed E-state index contributed by atoms with van der Waals surface area (Å²) in [6, 6.07) is 1.81. The summed E-state index contributed by atoms with van der Waals surface area (Å²) in [6.07, 6.45) is 0.472. The van der Waals surface area contributed by atoms with Crippen LogP contribution in [0.5, 0.6) is 0 Å². The van der Waals surface area contributed by atoms with E-state index in [4.69, 9.17) is 5.11 Å². The maximum Gasteiger partial charge on any atom is 0.407 e. The number of rotatable bonds is 1. The van der Waals surface area contributed by atoms with Crippen molar-refractivity contribution in [3.05, 3.63) is 22.7 Å². The molecule has 8 nitrogen and oxygen atoms in total. The average molecular weight is 263 g/mol. The number of carbonyl (C=O) groups is 1. The molecule has 0 spiro atoms. The molecule has 0 aromatic carbocycles. The second-order valence-electron chi connectivity index (χ2n) is 4.40. The van der Waals surface area contributed by atoms with Crippen molar-refractivity contribution in [3.63, 3.8) is 0 Å². The molecule has 1 fully saturated rings. The lowest BCUT2D eigenvalue weighted by Gasteiger charge is -2.33. The maximum atomic E-state index is 11.6. The zero-order valence-corrected chi connectivity index (χ0v) is 10.1. The van der Waals surface area contributed by atoms with Crippen molar-refractivity contribution in [2.75, 3.05) is 31.1 Å². The van der Waals surface area contributed by atoms with Crippen molar-refractivity contribution < 1.29 is 9.90 Å². The Labute approximate surface area is 107 Å². The smallest absolute Gasteiger partial charge is 0.407 e. The standard InChI is InChI=1S/C11H13N5O3/c17-10-9-7(12-6-13-10)5-8(14-9)15-1-3-16(4-2-15)11(18)19/h5-6,14H,1-4H2,(H,18,19)(H,12,13,17). The number of anilines is 1. The van der Waals surface area contributed by atoms with E-state index in [0.717, 1.165) is 5.82 Å². The largest absolute Gasteiger partial charge is 0.465 e. The molecule has 2 aromatic rings. The molecule has 1 amide bonds. The first-order valence-corrected chi connectivity index (χ1v) is 5.94. The Balaban J connectivity index is 1.84. The predicted octanol–water partition coefficient (Wildman–Crippen LogP) is 0.0512. The van der Waals surface area contributed by atoms with Crippen LogP contribution in [0.4, 0.5) is 10.6 Å². The molecule has 1 aliphatic heterocycles. The third kappa shape index (κ3) is 2.01. The second kappa shape index (κ2) is 4.30. The molecule has 0 bridgehead atoms. The van der Waals surface area contributed by atoms with Crippen LogP contribution in [0.2, 0.25) is 0 Å². The van der Waals surface area contributed by atoms with Gasteiger partial charge in [0.1, 0.15) is 11.3 Å². The maximum absolute atomic E-state index is 11.6. The Bertz CT molecular complexity index is 668. The first kappa shape index (κ1) is 11.6. The number of fused-ring (bicyclic) bond motifs is 1. The summed E-state index contributed by atoms with van der Waals surface area (Å²) in [5.41, 5.74) is 0.845. The van der Waals surface area contributed by atoms with E-state index in [9.17, 15) is 9.59 Å². The number of hydrogen-bond acceptors (Lipinski definition) is 4. The number of aromatic amines is 2. The molecule has 0 radical (unpaired) electrons. The lowest BCUT2D eigenvalue weighted by molar-refractivity contribution is 0.142. The van der Waals surface area contributed by atoms with Crippen LogP contribution < -0.4 is 10.5 Å². The average Bonchev–Trinajstić information content (AvgIpc) is 2.84. The third-order valence-electron chi connectivity index (χ3n) is 3.30. The fraction of sp³-hybridized carbons (Fsp3) is 0.364. The molecule has 3 N–H and O–H groups in total. The molecular formula is C11H13N5O3. The van der Waals surface area contributed by atoms with Crippen LogP contribution in [0.15, 0.2) is 17.2 Å². The number of aromatic nitrogens is 3. The molecule has 3 rings (SSSR count). The molecule has 100 valence electrons. The minimum atomic E-state index is -0.894. The number of hydrogen-bond donors (Lipinski definition) is 3. The van der Waals surface area contributed by atoms with Gasteiger partial charge in [0.15, 0.2) is 0 Å². The molecule has 8 heteroatoms. The van der Waals surface area contributed by atoms with E-state index in [-0.39, 0.29) is 5.56 Å². The molecule has 0 atom stereocenters. The topological polar surface area (TPSA) is 105 Å². The van der Waals surface area contributed by atoms with Crippen LogP contribution >= 0.6 is 0 Å². The highest BCUT2D eigenvalue weighted by atomic mass is 16.4. The van der Waals surface area contributed by atoms with E-state index in [2.05, 4.69) is 15.0 Å². The summed E-state index contributed by atoms with van der Waals surface area (Å²) < 4.78 is 0. The van der Waals surface area contributed by atoms with Crippen LogP contribution in [0.3, 0.4) is 0 Å². The summed E-state index contributed by atoms with van der Waals surface area (Å²) in [5, 5.41) is 8.89. The summed E-state index contributed by atoms with van der Waals surface area (Å²) >= 11 is 0. The quantitative estimate of drug-likeness (QED) is 0.674. The Kier molecular flexibility index (Phi) is 2.62. The van der Waals surface area contributed by atoms with Gasteiger partial charge in [-0.1, -0.05) is 0 Å². The van der Waals surface area contributed by atoms with Gasteiger partial charge in [0, 0.05) is 32.2 Å². The number of nitrogens with one attached hydrogen (secondary N) is 2. The summed E-state index contributed by atoms with van der Waals surface area (Å²) in [4.78, 5) is 35.4. The van der Waals surface area contributed by atoms with Crippen LogP contribution in [-0.4, -0.2) is 57.2 Å². The predicted molar refractivity (Wildman–Crippen MR) is 68.5 cm³/mol. The van der Waals surface area contributed by atoms with Gasteiger partial charge in [-0.2, -0.15) is 0 Å². The van der Waals surface area contributed by atoms with Gasteiger partial charge in [0.05, 0.1) is 11.8 Å². The van der Waals surface area contributed by atoms with Gasteiger partial charge >= 0.3 is 6.09 Å². The molecule has 0 saturated carbocycles. The van der Waals surface area contributed by atoms with E-state index < -0.39 is 6.09 Å². The van der Waals surface area contributed by atoms with E-state index in [1.165, 1.54) is 11.2 Å². The summed E-state index contributed by atoms with van der Waals surface area (Å²) in [6.45, 7) is 2.09. The monoisotopic (exact) mass is 263 g/mol. The van der Waals surface area contributed by atoms with E-state index in [0.29, 0.717) is 37.2 Å². The van der Waals surface area contributed by atoms with Gasteiger partial charge in [0.2, 0.25) is 0 Å². The van der Waals surface area contributed by atoms with Gasteiger partial charge < -0.3 is 24.9 Å². The van der Waals surface area contributed by atoms with E-state index in [1.807, 2.05) is 4.90 Å². The van der Waals surface area contributed by atoms with Gasteiger partial charge in [-0.15, -0.1) is 0 Å². The minimum absolute atomic E-state index is 0.208. The van der Waals surface area contributed by atoms with Gasteiger partial charge in [-0.25, -0.2) is 9.78 Å². The molecule has 3 heterocycles. The number of H-pyrrole nitrogens is 2. The summed E-state index contributed by atoms with van der Waals surface area (Å²) in [5.74, 6) is 0.796. The van der Waals surface area contributed by atoms with Crippen molar-refractivity contribution >= 4 is 22.9 Å². The fourth-order valence-corrected chi connectivity index (χ4v) is 2.25. The van der Waals surface area contributed by atoms with E-state index >= 15 is 0 Å². The second-order valence-corrected chi connectivity index (χ2v) is 4.40. The van der Waals surface area contributed by atoms with Crippen molar-refractivity contribution in [2.45, 2.75) is 0 Å². The van der Waals surface area contributed by atoms with Crippen molar-refractivity contribution in [3.8, 4) is 0 Å². The van der Waals surface area contributed by atoms with Crippen molar-refractivity contribution in [1.82, 2.24) is 19.9 Å². The summed E-state index contributed by atoms with van der Waals surface area (Å²) in [7, 11) is 0. The third-order valence-corrected chi connectivity index (χ3v) is 3.30. The zero-order chi connectivity index (χ0) is 13.4. The zero-order valence-electron chi connectivity index (χ0n) is 10.1. The van der Waals surface area contributed by atoms with Crippen LogP contribution in [0.25, 0.3) is 11.0 Å². The number of carboxylic acid groups (broad SMARTS) is 1. The molecule has 1 saturated heterocycles. The molecule has 1 aliphatic rings. The van der Waals surface area contributed by atoms with Gasteiger partial charge in [-0.05, 0) is 0 Å². The first-order valence-electron chi connectivity index (χ1n) is 5.94. The number of piperazine rings is 1. The Morgan fingerprint density at radius 1 is 1.32 bits per heavy atom. The molecule has 2 aromatic heterocycles. The number of amides is 1.